The fourth-order valence-electron chi connectivity index (χ4n) is 3.16. The number of aliphatic imine (C=N–C) groups is 1. The summed E-state index contributed by atoms with van der Waals surface area (Å²) >= 11 is 0. The molecule has 1 saturated carbocycles. The van der Waals surface area contributed by atoms with Crippen molar-refractivity contribution < 1.29 is 14.3 Å². The Morgan fingerprint density at radius 3 is 2.46 bits per heavy atom. The highest BCUT2D eigenvalue weighted by molar-refractivity contribution is 5.80. The van der Waals surface area contributed by atoms with Gasteiger partial charge in [0.25, 0.3) is 0 Å². The number of amides is 1. The number of ether oxygens (including phenoxy) is 2. The number of nitrogens with one attached hydrogen (secondary N) is 2. The molecule has 1 aliphatic carbocycles. The molecular formula is C17H32N4O3. The number of piperidine rings is 1. The second-order valence-corrected chi connectivity index (χ2v) is 6.38. The van der Waals surface area contributed by atoms with Gasteiger partial charge in [-0.05, 0) is 45.4 Å². The first kappa shape index (κ1) is 18.8. The highest BCUT2D eigenvalue weighted by Crippen LogP contribution is 2.32. The number of nitrogens with zero attached hydrogens (tertiary/aromatic N) is 2. The molecule has 2 aliphatic rings. The molecule has 1 amide bonds. The quantitative estimate of drug-likeness (QED) is 0.544. The zero-order valence-electron chi connectivity index (χ0n) is 15.2. The lowest BCUT2D eigenvalue weighted by Gasteiger charge is -2.34. The maximum absolute atomic E-state index is 11.7. The van der Waals surface area contributed by atoms with Crippen LogP contribution in [0.25, 0.3) is 0 Å². The first-order valence-corrected chi connectivity index (χ1v) is 9.18. The van der Waals surface area contributed by atoms with Crippen LogP contribution >= 0.6 is 0 Å². The molecule has 7 heteroatoms. The van der Waals surface area contributed by atoms with E-state index in [-0.39, 0.29) is 12.1 Å². The van der Waals surface area contributed by atoms with Crippen molar-refractivity contribution in [1.82, 2.24) is 15.5 Å². The zero-order chi connectivity index (χ0) is 17.4. The van der Waals surface area contributed by atoms with Crippen molar-refractivity contribution in [2.75, 3.05) is 39.9 Å². The Morgan fingerprint density at radius 1 is 1.21 bits per heavy atom. The van der Waals surface area contributed by atoms with Crippen LogP contribution in [0, 0.1) is 5.92 Å². The molecule has 2 fully saturated rings. The van der Waals surface area contributed by atoms with Gasteiger partial charge in [0.2, 0.25) is 0 Å². The second-order valence-electron chi connectivity index (χ2n) is 6.38. The number of guanidine groups is 1. The maximum Gasteiger partial charge on any atom is 0.407 e. The average Bonchev–Trinajstić information content (AvgIpc) is 3.41. The molecule has 1 unspecified atom stereocenters. The van der Waals surface area contributed by atoms with Crippen LogP contribution < -0.4 is 10.6 Å². The Morgan fingerprint density at radius 2 is 1.92 bits per heavy atom. The third-order valence-corrected chi connectivity index (χ3v) is 4.61. The summed E-state index contributed by atoms with van der Waals surface area (Å²) in [6, 6.07) is 0.0989. The number of alkyl carbamates (subject to hydrolysis) is 1. The van der Waals surface area contributed by atoms with E-state index in [0.717, 1.165) is 51.3 Å². The molecule has 24 heavy (non-hydrogen) atoms. The lowest BCUT2D eigenvalue weighted by Crippen LogP contribution is -2.51. The van der Waals surface area contributed by atoms with E-state index < -0.39 is 0 Å². The number of hydrogen-bond acceptors (Lipinski definition) is 4. The molecule has 7 nitrogen and oxygen atoms in total. The van der Waals surface area contributed by atoms with Gasteiger partial charge in [0.15, 0.2) is 5.96 Å². The average molecular weight is 340 g/mol. The number of carbonyl (C=O) groups is 1. The monoisotopic (exact) mass is 340 g/mol. The summed E-state index contributed by atoms with van der Waals surface area (Å²) in [4.78, 5) is 18.3. The van der Waals surface area contributed by atoms with E-state index in [1.54, 1.807) is 0 Å². The zero-order valence-corrected chi connectivity index (χ0v) is 15.2. The smallest absolute Gasteiger partial charge is 0.407 e. The van der Waals surface area contributed by atoms with Crippen molar-refractivity contribution in [1.29, 1.82) is 0 Å². The summed E-state index contributed by atoms with van der Waals surface area (Å²) in [5, 5.41) is 6.39. The van der Waals surface area contributed by atoms with E-state index in [1.807, 2.05) is 20.9 Å². The SMILES string of the molecule is CCOC(=O)NC(CNC(=NC)N1CCC(OCC)CC1)C1CC1. The molecule has 2 rings (SSSR count). The minimum atomic E-state index is -0.330. The van der Waals surface area contributed by atoms with Gasteiger partial charge in [-0.3, -0.25) is 4.99 Å². The molecule has 1 atom stereocenters. The van der Waals surface area contributed by atoms with Crippen LogP contribution in [0.3, 0.4) is 0 Å². The largest absolute Gasteiger partial charge is 0.450 e. The summed E-state index contributed by atoms with van der Waals surface area (Å²) in [6.45, 7) is 7.61. The predicted molar refractivity (Wildman–Crippen MR) is 94.3 cm³/mol. The van der Waals surface area contributed by atoms with Gasteiger partial charge in [0.1, 0.15) is 0 Å². The van der Waals surface area contributed by atoms with Gasteiger partial charge in [-0.25, -0.2) is 4.79 Å². The van der Waals surface area contributed by atoms with Crippen LogP contribution in [0.15, 0.2) is 4.99 Å². The van der Waals surface area contributed by atoms with Crippen LogP contribution in [0.4, 0.5) is 4.79 Å². The van der Waals surface area contributed by atoms with E-state index in [9.17, 15) is 4.79 Å². The van der Waals surface area contributed by atoms with E-state index in [2.05, 4.69) is 20.5 Å². The molecule has 0 bridgehead atoms. The third-order valence-electron chi connectivity index (χ3n) is 4.61. The Balaban J connectivity index is 1.78. The van der Waals surface area contributed by atoms with Crippen LogP contribution in [0.2, 0.25) is 0 Å². The molecule has 0 spiro atoms. The molecule has 0 aromatic rings. The topological polar surface area (TPSA) is 75.2 Å². The van der Waals surface area contributed by atoms with Gasteiger partial charge < -0.3 is 25.0 Å². The fraction of sp³-hybridized carbons (Fsp3) is 0.882. The van der Waals surface area contributed by atoms with Gasteiger partial charge in [-0.15, -0.1) is 0 Å². The Bertz CT molecular complexity index is 418. The molecule has 0 aromatic carbocycles. The summed E-state index contributed by atoms with van der Waals surface area (Å²) in [6.07, 6.45) is 4.43. The molecule has 0 aromatic heterocycles. The second kappa shape index (κ2) is 9.71. The van der Waals surface area contributed by atoms with Crippen LogP contribution in [0.5, 0.6) is 0 Å². The number of likely N-dealkylation sites (tertiary alicyclic amines) is 1. The number of hydrogen-bond donors (Lipinski definition) is 2. The highest BCUT2D eigenvalue weighted by Gasteiger charge is 2.33. The third kappa shape index (κ3) is 5.85. The summed E-state index contributed by atoms with van der Waals surface area (Å²) in [5.74, 6) is 1.45. The van der Waals surface area contributed by atoms with E-state index in [4.69, 9.17) is 9.47 Å². The molecular weight excluding hydrogens is 308 g/mol. The van der Waals surface area contributed by atoms with E-state index in [1.165, 1.54) is 0 Å². The first-order chi connectivity index (χ1) is 11.7. The van der Waals surface area contributed by atoms with Crippen LogP contribution in [-0.2, 0) is 9.47 Å². The van der Waals surface area contributed by atoms with Crippen molar-refractivity contribution in [3.63, 3.8) is 0 Å². The Labute approximate surface area is 145 Å². The normalized spacial score (nSPS) is 20.6. The summed E-state index contributed by atoms with van der Waals surface area (Å²) in [5.41, 5.74) is 0. The predicted octanol–water partition coefficient (Wildman–Crippen LogP) is 1.59. The lowest BCUT2D eigenvalue weighted by atomic mass is 10.1. The number of rotatable bonds is 7. The number of carbonyl (C=O) groups excluding carboxylic acids is 1. The van der Waals surface area contributed by atoms with Crippen LogP contribution in [-0.4, -0.2) is 69.0 Å². The van der Waals surface area contributed by atoms with E-state index >= 15 is 0 Å². The first-order valence-electron chi connectivity index (χ1n) is 9.18. The molecule has 2 N–H and O–H groups in total. The van der Waals surface area contributed by atoms with Crippen molar-refractivity contribution in [3.05, 3.63) is 0 Å². The minimum Gasteiger partial charge on any atom is -0.450 e. The van der Waals surface area contributed by atoms with Gasteiger partial charge in [0.05, 0.1) is 18.8 Å². The van der Waals surface area contributed by atoms with Crippen molar-refractivity contribution in [2.45, 2.75) is 51.7 Å². The Hall–Kier alpha value is -1.50. The highest BCUT2D eigenvalue weighted by atomic mass is 16.5. The summed E-state index contributed by atoms with van der Waals surface area (Å²) < 4.78 is 10.7. The van der Waals surface area contributed by atoms with Gasteiger partial charge in [-0.1, -0.05) is 0 Å². The molecule has 138 valence electrons. The standard InChI is InChI=1S/C17H32N4O3/c1-4-23-14-8-10-21(11-9-14)16(18-3)19-12-15(13-6-7-13)20-17(22)24-5-2/h13-15H,4-12H2,1-3H3,(H,18,19)(H,20,22). The molecule has 0 radical (unpaired) electrons. The van der Waals surface area contributed by atoms with Crippen molar-refractivity contribution >= 4 is 12.1 Å². The van der Waals surface area contributed by atoms with Crippen molar-refractivity contribution in [3.8, 4) is 0 Å². The minimum absolute atomic E-state index is 0.0989. The molecule has 1 aliphatic heterocycles. The molecule has 1 saturated heterocycles. The lowest BCUT2D eigenvalue weighted by molar-refractivity contribution is 0.0263. The van der Waals surface area contributed by atoms with E-state index in [0.29, 0.717) is 25.2 Å². The fourth-order valence-corrected chi connectivity index (χ4v) is 3.16. The summed E-state index contributed by atoms with van der Waals surface area (Å²) in [7, 11) is 1.81. The van der Waals surface area contributed by atoms with Crippen LogP contribution in [0.1, 0.15) is 39.5 Å². The van der Waals surface area contributed by atoms with Crippen molar-refractivity contribution in [2.24, 2.45) is 10.9 Å². The van der Waals surface area contributed by atoms with Gasteiger partial charge >= 0.3 is 6.09 Å². The van der Waals surface area contributed by atoms with Gasteiger partial charge in [-0.2, -0.15) is 0 Å². The maximum atomic E-state index is 11.7. The van der Waals surface area contributed by atoms with Gasteiger partial charge in [0, 0.05) is 33.3 Å². The molecule has 1 heterocycles. The Kier molecular flexibility index (Phi) is 7.62.